The van der Waals surface area contributed by atoms with Crippen molar-refractivity contribution in [2.24, 2.45) is 5.92 Å². The number of benzene rings is 1. The van der Waals surface area contributed by atoms with Crippen molar-refractivity contribution in [1.29, 1.82) is 0 Å². The summed E-state index contributed by atoms with van der Waals surface area (Å²) in [6, 6.07) is 3.68. The van der Waals surface area contributed by atoms with Crippen LogP contribution in [-0.2, 0) is 16.0 Å². The van der Waals surface area contributed by atoms with Crippen LogP contribution in [0.25, 0.3) is 0 Å². The molecule has 1 saturated heterocycles. The number of alkyl carbamates (subject to hydrolysis) is 1. The first kappa shape index (κ1) is 27.4. The second-order valence-electron chi connectivity index (χ2n) is 10.6. The van der Waals surface area contributed by atoms with Crippen LogP contribution in [0.4, 0.5) is 4.79 Å². The number of nitrogens with one attached hydrogen (secondary N) is 2. The molecule has 1 fully saturated rings. The maximum atomic E-state index is 12.8. The van der Waals surface area contributed by atoms with E-state index in [0.717, 1.165) is 25.1 Å². The molecule has 196 valence electrons. The lowest BCUT2D eigenvalue weighted by Crippen LogP contribution is -2.62. The number of hydrogen-bond donors (Lipinski definition) is 2. The van der Waals surface area contributed by atoms with Crippen LogP contribution in [-0.4, -0.2) is 67.8 Å². The van der Waals surface area contributed by atoms with E-state index in [-0.39, 0.29) is 30.0 Å². The molecule has 4 atom stereocenters. The standard InChI is InChI=1S/C26H40ClN3O5/c1-16(14-27)7-8-24(31)28-20-15-30-10-9-17-11-22(33-5)23(34-6)12-18(17)21(30)13-19(20)29-25(32)35-26(2,3)4/h11-12,16,19-21H,7-10,13-15H2,1-6H3,(H,28,31)(H,29,32). The zero-order valence-corrected chi connectivity index (χ0v) is 22.5. The first-order valence-corrected chi connectivity index (χ1v) is 12.9. The highest BCUT2D eigenvalue weighted by Crippen LogP contribution is 2.42. The molecule has 1 aromatic carbocycles. The number of carbonyl (C=O) groups excluding carboxylic acids is 2. The van der Waals surface area contributed by atoms with Crippen LogP contribution in [0.2, 0.25) is 0 Å². The zero-order chi connectivity index (χ0) is 25.8. The number of piperidine rings is 1. The van der Waals surface area contributed by atoms with Crippen molar-refractivity contribution in [2.75, 3.05) is 33.2 Å². The van der Waals surface area contributed by atoms with Crippen LogP contribution >= 0.6 is 11.6 Å². The Labute approximate surface area is 214 Å². The zero-order valence-electron chi connectivity index (χ0n) is 21.8. The molecule has 9 heteroatoms. The molecule has 0 radical (unpaired) electrons. The maximum Gasteiger partial charge on any atom is 0.407 e. The van der Waals surface area contributed by atoms with Crippen molar-refractivity contribution >= 4 is 23.6 Å². The summed E-state index contributed by atoms with van der Waals surface area (Å²) in [5.74, 6) is 2.19. The molecule has 2 amide bonds. The number of nitrogens with zero attached hydrogens (tertiary/aromatic N) is 1. The van der Waals surface area contributed by atoms with Crippen molar-refractivity contribution < 1.29 is 23.8 Å². The van der Waals surface area contributed by atoms with Gasteiger partial charge in [-0.15, -0.1) is 11.6 Å². The van der Waals surface area contributed by atoms with Crippen LogP contribution in [0, 0.1) is 5.92 Å². The Morgan fingerprint density at radius 1 is 1.14 bits per heavy atom. The molecule has 8 nitrogen and oxygen atoms in total. The van der Waals surface area contributed by atoms with Crippen molar-refractivity contribution in [3.8, 4) is 11.5 Å². The van der Waals surface area contributed by atoms with Crippen molar-refractivity contribution in [1.82, 2.24) is 15.5 Å². The third-order valence-corrected chi connectivity index (χ3v) is 7.21. The molecule has 35 heavy (non-hydrogen) atoms. The summed E-state index contributed by atoms with van der Waals surface area (Å²) in [5, 5.41) is 6.22. The van der Waals surface area contributed by atoms with Gasteiger partial charge < -0.3 is 24.8 Å². The molecule has 0 saturated carbocycles. The van der Waals surface area contributed by atoms with Gasteiger partial charge in [0, 0.05) is 31.4 Å². The second kappa shape index (κ2) is 11.7. The number of carbonyl (C=O) groups is 2. The Morgan fingerprint density at radius 2 is 1.83 bits per heavy atom. The van der Waals surface area contributed by atoms with E-state index < -0.39 is 11.7 Å². The first-order valence-electron chi connectivity index (χ1n) is 12.4. The monoisotopic (exact) mass is 509 g/mol. The average Bonchev–Trinajstić information content (AvgIpc) is 2.80. The molecule has 2 N–H and O–H groups in total. The smallest absolute Gasteiger partial charge is 0.407 e. The molecule has 1 aromatic rings. The Kier molecular flexibility index (Phi) is 9.16. The summed E-state index contributed by atoms with van der Waals surface area (Å²) in [6.45, 7) is 9.04. The molecule has 4 unspecified atom stereocenters. The van der Waals surface area contributed by atoms with E-state index in [9.17, 15) is 9.59 Å². The number of ether oxygens (including phenoxy) is 3. The highest BCUT2D eigenvalue weighted by molar-refractivity contribution is 6.18. The molecular formula is C26H40ClN3O5. The lowest BCUT2D eigenvalue weighted by molar-refractivity contribution is -0.123. The number of halogens is 1. The number of amides is 2. The fraction of sp³-hybridized carbons (Fsp3) is 0.692. The Balaban J connectivity index is 1.82. The number of hydrogen-bond acceptors (Lipinski definition) is 6. The van der Waals surface area contributed by atoms with Crippen LogP contribution in [0.1, 0.15) is 64.1 Å². The fourth-order valence-electron chi connectivity index (χ4n) is 4.86. The van der Waals surface area contributed by atoms with E-state index in [0.29, 0.717) is 31.0 Å². The van der Waals surface area contributed by atoms with Gasteiger partial charge in [0.1, 0.15) is 5.60 Å². The van der Waals surface area contributed by atoms with Gasteiger partial charge in [-0.25, -0.2) is 4.79 Å². The van der Waals surface area contributed by atoms with Crippen LogP contribution in [0.5, 0.6) is 11.5 Å². The quantitative estimate of drug-likeness (QED) is 0.514. The maximum absolute atomic E-state index is 12.8. The molecule has 0 spiro atoms. The largest absolute Gasteiger partial charge is 0.493 e. The van der Waals surface area contributed by atoms with Gasteiger partial charge in [0.05, 0.1) is 26.3 Å². The van der Waals surface area contributed by atoms with E-state index in [1.807, 2.05) is 39.8 Å². The molecule has 0 aromatic heterocycles. The summed E-state index contributed by atoms with van der Waals surface area (Å²) in [7, 11) is 3.27. The lowest BCUT2D eigenvalue weighted by Gasteiger charge is -2.47. The van der Waals surface area contributed by atoms with Gasteiger partial charge in [0.25, 0.3) is 0 Å². The van der Waals surface area contributed by atoms with Gasteiger partial charge in [-0.3, -0.25) is 9.69 Å². The van der Waals surface area contributed by atoms with Gasteiger partial charge in [0.15, 0.2) is 11.5 Å². The molecule has 2 aliphatic rings. The molecule has 0 bridgehead atoms. The summed E-state index contributed by atoms with van der Waals surface area (Å²) >= 11 is 5.90. The highest BCUT2D eigenvalue weighted by Gasteiger charge is 2.41. The highest BCUT2D eigenvalue weighted by atomic mass is 35.5. The molecular weight excluding hydrogens is 470 g/mol. The minimum atomic E-state index is -0.609. The molecule has 2 heterocycles. The number of methoxy groups -OCH3 is 2. The van der Waals surface area contributed by atoms with E-state index in [4.69, 9.17) is 25.8 Å². The Bertz CT molecular complexity index is 904. The van der Waals surface area contributed by atoms with Gasteiger partial charge >= 0.3 is 6.09 Å². The predicted molar refractivity (Wildman–Crippen MR) is 136 cm³/mol. The predicted octanol–water partition coefficient (Wildman–Crippen LogP) is 4.04. The van der Waals surface area contributed by atoms with Crippen molar-refractivity contribution in [2.45, 2.75) is 77.1 Å². The fourth-order valence-corrected chi connectivity index (χ4v) is 5.01. The normalized spacial score (nSPS) is 22.9. The lowest BCUT2D eigenvalue weighted by atomic mass is 9.82. The number of fused-ring (bicyclic) bond motifs is 3. The first-order chi connectivity index (χ1) is 16.5. The van der Waals surface area contributed by atoms with E-state index in [2.05, 4.69) is 15.5 Å². The topological polar surface area (TPSA) is 89.1 Å². The minimum Gasteiger partial charge on any atom is -0.493 e. The van der Waals surface area contributed by atoms with Crippen LogP contribution < -0.4 is 20.1 Å². The minimum absolute atomic E-state index is 0.0229. The van der Waals surface area contributed by atoms with Crippen molar-refractivity contribution in [3.63, 3.8) is 0 Å². The van der Waals surface area contributed by atoms with Crippen LogP contribution in [0.15, 0.2) is 12.1 Å². The van der Waals surface area contributed by atoms with E-state index in [1.165, 1.54) is 11.1 Å². The summed E-state index contributed by atoms with van der Waals surface area (Å²) < 4.78 is 16.6. The van der Waals surface area contributed by atoms with E-state index in [1.54, 1.807) is 14.2 Å². The summed E-state index contributed by atoms with van der Waals surface area (Å²) in [4.78, 5) is 27.8. The third kappa shape index (κ3) is 7.17. The van der Waals surface area contributed by atoms with Gasteiger partial charge in [-0.1, -0.05) is 6.92 Å². The number of alkyl halides is 1. The molecule has 3 rings (SSSR count). The van der Waals surface area contributed by atoms with Gasteiger partial charge in [-0.05, 0) is 69.2 Å². The summed E-state index contributed by atoms with van der Waals surface area (Å²) in [6.07, 6.45) is 2.18. The van der Waals surface area contributed by atoms with Crippen LogP contribution in [0.3, 0.4) is 0 Å². The summed E-state index contributed by atoms with van der Waals surface area (Å²) in [5.41, 5.74) is 1.78. The number of rotatable bonds is 8. The van der Waals surface area contributed by atoms with E-state index >= 15 is 0 Å². The molecule has 0 aliphatic carbocycles. The van der Waals surface area contributed by atoms with Gasteiger partial charge in [0.2, 0.25) is 5.91 Å². The second-order valence-corrected chi connectivity index (χ2v) is 10.9. The Morgan fingerprint density at radius 3 is 2.46 bits per heavy atom. The third-order valence-electron chi connectivity index (χ3n) is 6.68. The SMILES string of the molecule is COc1cc2c(cc1OC)C1CC(NC(=O)OC(C)(C)C)C(NC(=O)CCC(C)CCl)CN1CC2. The molecule has 2 aliphatic heterocycles. The average molecular weight is 510 g/mol. The van der Waals surface area contributed by atoms with Gasteiger partial charge in [-0.2, -0.15) is 0 Å². The van der Waals surface area contributed by atoms with Crippen molar-refractivity contribution in [3.05, 3.63) is 23.3 Å². The Hall–Kier alpha value is -2.19.